The minimum atomic E-state index is -1.71. The number of nitrogen functional groups attached to an aromatic ring is 1. The van der Waals surface area contributed by atoms with Crippen molar-refractivity contribution in [2.45, 2.75) is 32.1 Å². The summed E-state index contributed by atoms with van der Waals surface area (Å²) in [5.41, 5.74) is 6.58. The lowest BCUT2D eigenvalue weighted by Gasteiger charge is -2.50. The third-order valence-electron chi connectivity index (χ3n) is 7.41. The van der Waals surface area contributed by atoms with Crippen LogP contribution in [0, 0.1) is 11.6 Å². The van der Waals surface area contributed by atoms with Gasteiger partial charge in [-0.3, -0.25) is 14.6 Å². The molecule has 4 heterocycles. The Kier molecular flexibility index (Phi) is 5.88. The summed E-state index contributed by atoms with van der Waals surface area (Å²) in [5, 5.41) is 0.450. The number of nitrogens with zero attached hydrogens (tertiary/aromatic N) is 5. The molecule has 13 heteroatoms. The average molecular weight is 575 g/mol. The van der Waals surface area contributed by atoms with E-state index in [1.165, 1.54) is 34.2 Å². The van der Waals surface area contributed by atoms with E-state index >= 15 is 8.78 Å². The van der Waals surface area contributed by atoms with Crippen molar-refractivity contribution in [3.05, 3.63) is 41.1 Å². The van der Waals surface area contributed by atoms with Crippen LogP contribution >= 0.6 is 22.9 Å². The van der Waals surface area contributed by atoms with Gasteiger partial charge in [0, 0.05) is 36.1 Å². The van der Waals surface area contributed by atoms with Crippen LogP contribution in [0.1, 0.15) is 13.8 Å². The zero-order valence-corrected chi connectivity index (χ0v) is 22.6. The Morgan fingerprint density at radius 2 is 1.97 bits per heavy atom. The number of rotatable bonds is 2. The molecule has 0 spiro atoms. The second-order valence-electron chi connectivity index (χ2n) is 9.78. The standard InChI is InChI=1S/C26H22ClF3N6O2S/c1-10-8-36-16(9-35(10)24(37)11(2)28)25(38)34(3)15-7-32-21-12(23(15)36)6-13(27)18(20(21)30)19-14(29)4-5-17-22(19)33-26(31)39-17/h4-7,10-11,16H,8-9H2,1-3H3,(H2,31,33)/t10-,11?,16-/m1/s1. The molecule has 39 heavy (non-hydrogen) atoms. The maximum atomic E-state index is 16.3. The fourth-order valence-corrected chi connectivity index (χ4v) is 6.58. The number of fused-ring (bicyclic) bond motifs is 6. The van der Waals surface area contributed by atoms with Crippen LogP contribution < -0.4 is 15.5 Å². The Morgan fingerprint density at radius 3 is 2.69 bits per heavy atom. The number of hydrogen-bond donors (Lipinski definition) is 1. The topological polar surface area (TPSA) is 95.7 Å². The number of anilines is 3. The van der Waals surface area contributed by atoms with Crippen LogP contribution in [0.15, 0.2) is 24.4 Å². The lowest BCUT2D eigenvalue weighted by atomic mass is 9.96. The summed E-state index contributed by atoms with van der Waals surface area (Å²) in [6, 6.07) is 2.98. The van der Waals surface area contributed by atoms with Crippen molar-refractivity contribution < 1.29 is 22.8 Å². The number of piperazine rings is 1. The fraction of sp³-hybridized carbons (Fsp3) is 0.308. The maximum absolute atomic E-state index is 16.3. The van der Waals surface area contributed by atoms with E-state index in [1.807, 2.05) is 0 Å². The minimum absolute atomic E-state index is 0.0343. The van der Waals surface area contributed by atoms with Crippen LogP contribution in [0.3, 0.4) is 0 Å². The van der Waals surface area contributed by atoms with Gasteiger partial charge in [0.15, 0.2) is 17.1 Å². The number of nitrogens with two attached hydrogens (primary N) is 1. The van der Waals surface area contributed by atoms with Gasteiger partial charge >= 0.3 is 0 Å². The highest BCUT2D eigenvalue weighted by Gasteiger charge is 2.45. The molecule has 1 unspecified atom stereocenters. The molecular weight excluding hydrogens is 553 g/mol. The van der Waals surface area contributed by atoms with E-state index < -0.39 is 35.8 Å². The molecule has 8 nitrogen and oxygen atoms in total. The number of thiazole rings is 1. The van der Waals surface area contributed by atoms with Crippen molar-refractivity contribution in [1.82, 2.24) is 14.9 Å². The van der Waals surface area contributed by atoms with Gasteiger partial charge in [0.2, 0.25) is 0 Å². The normalized spacial score (nSPS) is 20.0. The molecule has 0 saturated carbocycles. The number of halogens is 4. The lowest BCUT2D eigenvalue weighted by Crippen LogP contribution is -2.66. The number of alkyl halides is 1. The molecule has 2 aliphatic heterocycles. The Bertz CT molecular complexity index is 1710. The molecule has 1 fully saturated rings. The lowest BCUT2D eigenvalue weighted by molar-refractivity contribution is -0.139. The summed E-state index contributed by atoms with van der Waals surface area (Å²) in [6.07, 6.45) is -0.326. The van der Waals surface area contributed by atoms with Crippen molar-refractivity contribution >= 4 is 72.4 Å². The van der Waals surface area contributed by atoms with E-state index in [0.29, 0.717) is 21.5 Å². The van der Waals surface area contributed by atoms with Crippen molar-refractivity contribution in [1.29, 1.82) is 0 Å². The number of pyridine rings is 1. The quantitative estimate of drug-likeness (QED) is 0.371. The highest BCUT2D eigenvalue weighted by molar-refractivity contribution is 7.22. The van der Waals surface area contributed by atoms with Crippen molar-refractivity contribution in [2.24, 2.45) is 0 Å². The van der Waals surface area contributed by atoms with Crippen LogP contribution in [0.4, 0.5) is 29.7 Å². The van der Waals surface area contributed by atoms with Gasteiger partial charge in [-0.05, 0) is 32.0 Å². The summed E-state index contributed by atoms with van der Waals surface area (Å²) >= 11 is 7.79. The van der Waals surface area contributed by atoms with E-state index in [9.17, 15) is 14.0 Å². The first kappa shape index (κ1) is 25.6. The van der Waals surface area contributed by atoms with Crippen molar-refractivity contribution in [3.8, 4) is 11.1 Å². The van der Waals surface area contributed by atoms with Gasteiger partial charge in [0.1, 0.15) is 17.4 Å². The SMILES string of the molecule is CC(F)C(=O)N1C[C@@H]2C(=O)N(C)c3cnc4c(F)c(-c5c(F)ccc6sc(N)nc56)c(Cl)cc4c3N2C[C@H]1C. The van der Waals surface area contributed by atoms with Gasteiger partial charge in [-0.1, -0.05) is 22.9 Å². The van der Waals surface area contributed by atoms with Crippen molar-refractivity contribution in [2.75, 3.05) is 35.7 Å². The molecule has 6 rings (SSSR count). The largest absolute Gasteiger partial charge is 0.375 e. The van der Waals surface area contributed by atoms with Gasteiger partial charge < -0.3 is 20.4 Å². The summed E-state index contributed by atoms with van der Waals surface area (Å²) < 4.78 is 45.9. The molecule has 3 atom stereocenters. The Hall–Kier alpha value is -3.64. The van der Waals surface area contributed by atoms with Crippen LogP contribution in [0.2, 0.25) is 5.02 Å². The Morgan fingerprint density at radius 1 is 1.23 bits per heavy atom. The summed E-state index contributed by atoms with van der Waals surface area (Å²) in [7, 11) is 1.56. The van der Waals surface area contributed by atoms with Gasteiger partial charge in [-0.2, -0.15) is 0 Å². The van der Waals surface area contributed by atoms with Crippen LogP contribution in [-0.2, 0) is 9.59 Å². The Labute approximate surface area is 229 Å². The molecule has 2 aliphatic rings. The molecule has 0 radical (unpaired) electrons. The summed E-state index contributed by atoms with van der Waals surface area (Å²) in [6.45, 7) is 3.09. The van der Waals surface area contributed by atoms with E-state index in [0.717, 1.165) is 18.3 Å². The van der Waals surface area contributed by atoms with E-state index in [4.69, 9.17) is 17.3 Å². The second-order valence-corrected chi connectivity index (χ2v) is 11.2. The molecule has 1 saturated heterocycles. The number of aromatic nitrogens is 2. The fourth-order valence-electron chi connectivity index (χ4n) is 5.55. The first-order valence-electron chi connectivity index (χ1n) is 12.1. The number of carbonyl (C=O) groups is 2. The molecule has 2 aromatic heterocycles. The van der Waals surface area contributed by atoms with Gasteiger partial charge in [-0.15, -0.1) is 0 Å². The first-order valence-corrected chi connectivity index (χ1v) is 13.3. The smallest absolute Gasteiger partial charge is 0.257 e. The van der Waals surface area contributed by atoms with E-state index in [2.05, 4.69) is 9.97 Å². The molecule has 0 bridgehead atoms. The van der Waals surface area contributed by atoms with Crippen LogP contribution in [-0.4, -0.2) is 65.1 Å². The highest BCUT2D eigenvalue weighted by Crippen LogP contribution is 2.47. The predicted octanol–water partition coefficient (Wildman–Crippen LogP) is 4.77. The number of carbonyl (C=O) groups excluding carboxylic acids is 2. The van der Waals surface area contributed by atoms with Crippen LogP contribution in [0.5, 0.6) is 0 Å². The predicted molar refractivity (Wildman–Crippen MR) is 146 cm³/mol. The second kappa shape index (κ2) is 8.95. The molecule has 2 amide bonds. The molecule has 2 aromatic carbocycles. The number of amides is 2. The first-order chi connectivity index (χ1) is 18.5. The monoisotopic (exact) mass is 574 g/mol. The number of hydrogen-bond acceptors (Lipinski definition) is 7. The maximum Gasteiger partial charge on any atom is 0.257 e. The molecule has 4 aromatic rings. The zero-order valence-electron chi connectivity index (χ0n) is 21.0. The van der Waals surface area contributed by atoms with E-state index in [-0.39, 0.29) is 51.3 Å². The Balaban J connectivity index is 1.56. The molecule has 0 aliphatic carbocycles. The third kappa shape index (κ3) is 3.72. The molecular formula is C26H22ClF3N6O2S. The average Bonchev–Trinajstić information content (AvgIpc) is 3.27. The minimum Gasteiger partial charge on any atom is -0.375 e. The molecule has 2 N–H and O–H groups in total. The van der Waals surface area contributed by atoms with E-state index in [1.54, 1.807) is 18.9 Å². The van der Waals surface area contributed by atoms with Gasteiger partial charge in [-0.25, -0.2) is 18.2 Å². The molecule has 202 valence electrons. The van der Waals surface area contributed by atoms with Crippen LogP contribution in [0.25, 0.3) is 32.2 Å². The zero-order chi connectivity index (χ0) is 27.9. The number of likely N-dealkylation sites (N-methyl/N-ethyl adjacent to an activating group) is 1. The highest BCUT2D eigenvalue weighted by atomic mass is 35.5. The van der Waals surface area contributed by atoms with Crippen molar-refractivity contribution in [3.63, 3.8) is 0 Å². The summed E-state index contributed by atoms with van der Waals surface area (Å²) in [5.74, 6) is -2.56. The number of benzene rings is 2. The van der Waals surface area contributed by atoms with Gasteiger partial charge in [0.05, 0.1) is 39.4 Å². The third-order valence-corrected chi connectivity index (χ3v) is 8.56. The van der Waals surface area contributed by atoms with Gasteiger partial charge in [0.25, 0.3) is 11.8 Å². The summed E-state index contributed by atoms with van der Waals surface area (Å²) in [4.78, 5) is 38.9.